The van der Waals surface area contributed by atoms with Crippen molar-refractivity contribution in [3.63, 3.8) is 0 Å². The van der Waals surface area contributed by atoms with Crippen molar-refractivity contribution in [2.75, 3.05) is 31.6 Å². The van der Waals surface area contributed by atoms with E-state index in [1.165, 1.54) is 11.1 Å². The van der Waals surface area contributed by atoms with Crippen LogP contribution in [0.1, 0.15) is 11.1 Å². The van der Waals surface area contributed by atoms with Crippen molar-refractivity contribution in [1.29, 1.82) is 5.41 Å². The number of aliphatic imine (C=N–C) groups is 1. The third-order valence-corrected chi connectivity index (χ3v) is 4.02. The number of benzene rings is 1. The molecule has 1 heterocycles. The van der Waals surface area contributed by atoms with Crippen molar-refractivity contribution in [2.45, 2.75) is 13.8 Å². The Morgan fingerprint density at radius 2 is 1.85 bits per heavy atom. The molecule has 26 heavy (non-hydrogen) atoms. The van der Waals surface area contributed by atoms with Gasteiger partial charge in [-0.3, -0.25) is 15.5 Å². The molecule has 1 aliphatic rings. The van der Waals surface area contributed by atoms with Gasteiger partial charge in [0.15, 0.2) is 5.84 Å². The van der Waals surface area contributed by atoms with Crippen molar-refractivity contribution < 1.29 is 15.0 Å². The molecule has 0 radical (unpaired) electrons. The maximum absolute atomic E-state index is 12.4. The number of aliphatic hydroxyl groups excluding tert-OH is 2. The van der Waals surface area contributed by atoms with Crippen LogP contribution in [0.3, 0.4) is 0 Å². The Kier molecular flexibility index (Phi) is 6.54. The van der Waals surface area contributed by atoms with Gasteiger partial charge < -0.3 is 20.4 Å². The van der Waals surface area contributed by atoms with Gasteiger partial charge in [0.1, 0.15) is 7.85 Å². The second-order valence-electron chi connectivity index (χ2n) is 6.15. The Hall–Kier alpha value is -2.65. The van der Waals surface area contributed by atoms with Crippen LogP contribution in [0.2, 0.25) is 0 Å². The summed E-state index contributed by atoms with van der Waals surface area (Å²) < 4.78 is 0. The number of aliphatic hydroxyl groups is 2. The first kappa shape index (κ1) is 19.7. The molecule has 138 valence electrons. The van der Waals surface area contributed by atoms with Crippen LogP contribution in [0.15, 0.2) is 28.9 Å². The summed E-state index contributed by atoms with van der Waals surface area (Å²) in [6.07, 6.45) is 1.48. The maximum atomic E-state index is 12.4. The summed E-state index contributed by atoms with van der Waals surface area (Å²) in [6, 6.07) is 4.08. The number of amides is 1. The van der Waals surface area contributed by atoms with E-state index in [0.29, 0.717) is 0 Å². The minimum absolute atomic E-state index is 0.112. The summed E-state index contributed by atoms with van der Waals surface area (Å²) in [5.74, 6) is -0.488. The molecular formula is C17H24BN5O3. The molecule has 0 saturated carbocycles. The number of carbonyl (C=O) groups is 1. The van der Waals surface area contributed by atoms with Crippen molar-refractivity contribution >= 4 is 36.7 Å². The third-order valence-electron chi connectivity index (χ3n) is 4.02. The summed E-state index contributed by atoms with van der Waals surface area (Å²) in [5.41, 5.74) is 4.25. The molecule has 0 bridgehead atoms. The van der Waals surface area contributed by atoms with Crippen LogP contribution in [-0.4, -0.2) is 67.0 Å². The zero-order valence-corrected chi connectivity index (χ0v) is 15.3. The van der Waals surface area contributed by atoms with Gasteiger partial charge in [-0.25, -0.2) is 0 Å². The predicted molar refractivity (Wildman–Crippen MR) is 105 cm³/mol. The van der Waals surface area contributed by atoms with Crippen molar-refractivity contribution in [2.24, 2.45) is 4.99 Å². The highest BCUT2D eigenvalue weighted by Crippen LogP contribution is 2.19. The fourth-order valence-corrected chi connectivity index (χ4v) is 2.87. The van der Waals surface area contributed by atoms with Crippen molar-refractivity contribution in [3.05, 3.63) is 35.0 Å². The van der Waals surface area contributed by atoms with Crippen LogP contribution in [0.25, 0.3) is 0 Å². The number of nitrogens with one attached hydrogen (secondary N) is 3. The van der Waals surface area contributed by atoms with E-state index in [-0.39, 0.29) is 43.7 Å². The number of aryl methyl sites for hydroxylation is 2. The molecule has 1 aromatic rings. The molecule has 8 nitrogen and oxygen atoms in total. The topological polar surface area (TPSA) is 121 Å². The number of rotatable bonds is 6. The first-order valence-corrected chi connectivity index (χ1v) is 8.37. The van der Waals surface area contributed by atoms with E-state index in [4.69, 9.17) is 15.6 Å². The number of hydrogen-bond acceptors (Lipinski definition) is 6. The Balaban J connectivity index is 2.23. The fraction of sp³-hybridized carbons (Fsp3) is 0.353. The number of hydrogen-bond donors (Lipinski definition) is 5. The maximum Gasteiger partial charge on any atom is 0.263 e. The number of guanidine groups is 1. The van der Waals surface area contributed by atoms with Gasteiger partial charge in [-0.05, 0) is 25.0 Å². The fourth-order valence-electron chi connectivity index (χ4n) is 2.87. The van der Waals surface area contributed by atoms with E-state index >= 15 is 0 Å². The van der Waals surface area contributed by atoms with Crippen LogP contribution in [0.5, 0.6) is 0 Å². The zero-order chi connectivity index (χ0) is 19.3. The van der Waals surface area contributed by atoms with Gasteiger partial charge in [0, 0.05) is 25.0 Å². The van der Waals surface area contributed by atoms with Gasteiger partial charge in [-0.15, -0.1) is 0 Å². The highest BCUT2D eigenvalue weighted by atomic mass is 16.3. The van der Waals surface area contributed by atoms with E-state index in [1.807, 2.05) is 33.8 Å². The van der Waals surface area contributed by atoms with E-state index in [2.05, 4.69) is 15.6 Å². The molecule has 0 atom stereocenters. The molecule has 5 N–H and O–H groups in total. The average Bonchev–Trinajstić information content (AvgIpc) is 2.55. The lowest BCUT2D eigenvalue weighted by Gasteiger charge is -2.27. The molecule has 9 heteroatoms. The molecule has 0 aliphatic carbocycles. The quantitative estimate of drug-likeness (QED) is 0.317. The van der Waals surface area contributed by atoms with Crippen LogP contribution < -0.4 is 16.1 Å². The molecule has 1 aliphatic heterocycles. The first-order chi connectivity index (χ1) is 12.4. The van der Waals surface area contributed by atoms with Crippen molar-refractivity contribution in [1.82, 2.24) is 10.2 Å². The number of anilines is 1. The SMILES string of the molecule is Bc1cc(C)c(N/C=C2\C(=N)N=C(N(CCO)CCO)NC2=O)c(C)c1. The van der Waals surface area contributed by atoms with Gasteiger partial charge >= 0.3 is 0 Å². The van der Waals surface area contributed by atoms with Crippen LogP contribution in [0.4, 0.5) is 5.69 Å². The zero-order valence-electron chi connectivity index (χ0n) is 15.3. The Morgan fingerprint density at radius 1 is 1.27 bits per heavy atom. The molecule has 0 spiro atoms. The Morgan fingerprint density at radius 3 is 2.35 bits per heavy atom. The number of carbonyl (C=O) groups excluding carboxylic acids is 1. The van der Waals surface area contributed by atoms with Gasteiger partial charge in [0.05, 0.1) is 18.8 Å². The van der Waals surface area contributed by atoms with Gasteiger partial charge in [0.25, 0.3) is 5.91 Å². The molecule has 0 saturated heterocycles. The number of nitrogens with zero attached hydrogens (tertiary/aromatic N) is 2. The van der Waals surface area contributed by atoms with E-state index in [9.17, 15) is 4.79 Å². The van der Waals surface area contributed by atoms with Gasteiger partial charge in [0.2, 0.25) is 5.96 Å². The normalized spacial score (nSPS) is 15.7. The highest BCUT2D eigenvalue weighted by Gasteiger charge is 2.25. The molecule has 1 amide bonds. The lowest BCUT2D eigenvalue weighted by atomic mass is 9.91. The molecule has 2 rings (SSSR count). The molecule has 0 aromatic heterocycles. The lowest BCUT2D eigenvalue weighted by molar-refractivity contribution is -0.116. The van der Waals surface area contributed by atoms with Crippen LogP contribution in [-0.2, 0) is 4.79 Å². The largest absolute Gasteiger partial charge is 0.395 e. The second-order valence-corrected chi connectivity index (χ2v) is 6.15. The average molecular weight is 357 g/mol. The van der Waals surface area contributed by atoms with Crippen LogP contribution in [0, 0.1) is 19.3 Å². The molecular weight excluding hydrogens is 333 g/mol. The molecule has 0 fully saturated rings. The highest BCUT2D eigenvalue weighted by molar-refractivity contribution is 6.32. The second kappa shape index (κ2) is 8.64. The van der Waals surface area contributed by atoms with Gasteiger partial charge in [-0.1, -0.05) is 17.6 Å². The van der Waals surface area contributed by atoms with Gasteiger partial charge in [-0.2, -0.15) is 4.99 Å². The monoisotopic (exact) mass is 357 g/mol. The Labute approximate surface area is 153 Å². The summed E-state index contributed by atoms with van der Waals surface area (Å²) in [4.78, 5) is 18.0. The van der Waals surface area contributed by atoms with Crippen molar-refractivity contribution in [3.8, 4) is 0 Å². The predicted octanol–water partition coefficient (Wildman–Crippen LogP) is -1.39. The lowest BCUT2D eigenvalue weighted by Crippen LogP contribution is -2.50. The summed E-state index contributed by atoms with van der Waals surface area (Å²) in [5, 5.41) is 32.0. The van der Waals surface area contributed by atoms with E-state index < -0.39 is 5.91 Å². The summed E-state index contributed by atoms with van der Waals surface area (Å²) in [7, 11) is 2.02. The minimum Gasteiger partial charge on any atom is -0.395 e. The summed E-state index contributed by atoms with van der Waals surface area (Å²) in [6.45, 7) is 4.05. The van der Waals surface area contributed by atoms with E-state index in [0.717, 1.165) is 22.3 Å². The standard InChI is InChI=1S/C17H24BN5O3/c1-10-7-12(18)8-11(2)14(10)20-9-13-15(19)21-17(22-16(13)26)23(3-5-24)4-6-25/h7-9,20,24-25H,3-6,18H2,1-2H3,(H2,19,21,22,26)/b13-9+. The van der Waals surface area contributed by atoms with Crippen LogP contribution >= 0.6 is 0 Å². The van der Waals surface area contributed by atoms with E-state index in [1.54, 1.807) is 0 Å². The summed E-state index contributed by atoms with van der Waals surface area (Å²) >= 11 is 0. The Bertz CT molecular complexity index is 747. The molecule has 0 unspecified atom stereocenters. The number of amidine groups is 1. The minimum atomic E-state index is -0.462. The smallest absolute Gasteiger partial charge is 0.263 e. The molecule has 1 aromatic carbocycles. The first-order valence-electron chi connectivity index (χ1n) is 8.37. The third kappa shape index (κ3) is 4.50.